The summed E-state index contributed by atoms with van der Waals surface area (Å²) >= 11 is 0. The van der Waals surface area contributed by atoms with Crippen LogP contribution in [0.15, 0.2) is 18.2 Å². The number of β-amino-alcohol motifs (C(OH)–C–C–N with tert-alkyl or cyclic N) is 1. The second-order valence-electron chi connectivity index (χ2n) is 9.18. The number of likely N-dealkylation sites (tertiary alicyclic amines) is 1. The molecule has 3 nitrogen and oxygen atoms in total. The maximum Gasteiger partial charge on any atom is 0.123 e. The van der Waals surface area contributed by atoms with Crippen LogP contribution in [0.2, 0.25) is 0 Å². The Hall–Kier alpha value is -0.770. The van der Waals surface area contributed by atoms with Crippen LogP contribution in [0.5, 0.6) is 5.75 Å². The third kappa shape index (κ3) is 6.47. The van der Waals surface area contributed by atoms with E-state index < -0.39 is 6.10 Å². The number of hydrogen-bond donors (Lipinski definition) is 1. The zero-order valence-corrected chi connectivity index (χ0v) is 17.6. The largest absolute Gasteiger partial charge is 0.491 e. The highest BCUT2D eigenvalue weighted by Gasteiger charge is 2.24. The van der Waals surface area contributed by atoms with Crippen LogP contribution in [0.1, 0.15) is 65.5 Å². The highest BCUT2D eigenvalue weighted by Crippen LogP contribution is 2.35. The summed E-state index contributed by atoms with van der Waals surface area (Å²) in [6.07, 6.45) is 2.06. The first-order valence-electron chi connectivity index (χ1n) is 9.25. The molecule has 0 aromatic heterocycles. The van der Waals surface area contributed by atoms with E-state index in [-0.39, 0.29) is 23.2 Å². The second kappa shape index (κ2) is 8.75. The van der Waals surface area contributed by atoms with Gasteiger partial charge in [-0.2, -0.15) is 0 Å². The summed E-state index contributed by atoms with van der Waals surface area (Å²) in [5.74, 6) is 0.899. The maximum absolute atomic E-state index is 10.3. The number of nitrogens with zero attached hydrogens (tertiary/aromatic N) is 1. The molecule has 1 saturated heterocycles. The van der Waals surface area contributed by atoms with Gasteiger partial charge >= 0.3 is 0 Å². The monoisotopic (exact) mass is 369 g/mol. The number of benzene rings is 1. The van der Waals surface area contributed by atoms with Crippen molar-refractivity contribution in [1.29, 1.82) is 0 Å². The molecule has 4 heteroatoms. The molecule has 1 fully saturated rings. The van der Waals surface area contributed by atoms with E-state index in [1.165, 1.54) is 24.0 Å². The second-order valence-corrected chi connectivity index (χ2v) is 9.18. The number of ether oxygens (including phenoxy) is 1. The molecule has 0 radical (unpaired) electrons. The van der Waals surface area contributed by atoms with Gasteiger partial charge in [0.05, 0.1) is 0 Å². The minimum atomic E-state index is -0.432. The first-order valence-corrected chi connectivity index (χ1v) is 9.25. The van der Waals surface area contributed by atoms with Gasteiger partial charge in [-0.05, 0) is 54.0 Å². The Kier molecular flexibility index (Phi) is 7.79. The lowest BCUT2D eigenvalue weighted by atomic mass is 9.80. The van der Waals surface area contributed by atoms with E-state index >= 15 is 0 Å². The molecule has 0 saturated carbocycles. The van der Waals surface area contributed by atoms with Crippen LogP contribution < -0.4 is 4.74 Å². The highest BCUT2D eigenvalue weighted by molar-refractivity contribution is 5.85. The van der Waals surface area contributed by atoms with E-state index in [1.807, 2.05) is 0 Å². The van der Waals surface area contributed by atoms with Gasteiger partial charge in [-0.1, -0.05) is 53.7 Å². The van der Waals surface area contributed by atoms with Crippen LogP contribution in [-0.2, 0) is 10.8 Å². The molecular weight excluding hydrogens is 334 g/mol. The van der Waals surface area contributed by atoms with Gasteiger partial charge < -0.3 is 14.7 Å². The predicted molar refractivity (Wildman–Crippen MR) is 108 cm³/mol. The van der Waals surface area contributed by atoms with Crippen molar-refractivity contribution < 1.29 is 9.84 Å². The van der Waals surface area contributed by atoms with Crippen LogP contribution in [0.25, 0.3) is 0 Å². The first kappa shape index (κ1) is 22.3. The summed E-state index contributed by atoms with van der Waals surface area (Å²) in [5, 5.41) is 10.3. The predicted octanol–water partition coefficient (Wildman–Crippen LogP) is 4.54. The fourth-order valence-electron chi connectivity index (χ4n) is 3.21. The van der Waals surface area contributed by atoms with E-state index in [0.29, 0.717) is 13.2 Å². The van der Waals surface area contributed by atoms with Crippen LogP contribution in [0, 0.1) is 0 Å². The molecule has 1 N–H and O–H groups in total. The summed E-state index contributed by atoms with van der Waals surface area (Å²) < 4.78 is 6.03. The maximum atomic E-state index is 10.3. The molecule has 1 aliphatic rings. The molecule has 1 atom stereocenters. The Morgan fingerprint density at radius 3 is 2.16 bits per heavy atom. The molecule has 1 heterocycles. The zero-order chi connectivity index (χ0) is 18.0. The third-order valence-corrected chi connectivity index (χ3v) is 4.75. The normalized spacial score (nSPS) is 17.2. The Labute approximate surface area is 160 Å². The number of aliphatic hydroxyl groups excluding tert-OH is 1. The molecular formula is C21H36ClNO2. The lowest BCUT2D eigenvalue weighted by molar-refractivity contribution is 0.0750. The quantitative estimate of drug-likeness (QED) is 0.827. The van der Waals surface area contributed by atoms with Crippen molar-refractivity contribution in [3.63, 3.8) is 0 Å². The van der Waals surface area contributed by atoms with E-state index in [2.05, 4.69) is 64.6 Å². The summed E-state index contributed by atoms with van der Waals surface area (Å²) in [7, 11) is 0. The van der Waals surface area contributed by atoms with Crippen molar-refractivity contribution in [2.75, 3.05) is 26.2 Å². The van der Waals surface area contributed by atoms with Gasteiger partial charge in [0.2, 0.25) is 0 Å². The van der Waals surface area contributed by atoms with Gasteiger partial charge in [0.25, 0.3) is 0 Å². The molecule has 1 aliphatic heterocycles. The lowest BCUT2D eigenvalue weighted by Gasteiger charge is -2.28. The molecule has 0 spiro atoms. The number of aliphatic hydroxyl groups is 1. The Balaban J connectivity index is 0.00000312. The molecule has 0 aliphatic carbocycles. The summed E-state index contributed by atoms with van der Waals surface area (Å²) in [6, 6.07) is 6.49. The first-order chi connectivity index (χ1) is 11.1. The zero-order valence-electron chi connectivity index (χ0n) is 16.8. The topological polar surface area (TPSA) is 32.7 Å². The van der Waals surface area contributed by atoms with E-state index in [4.69, 9.17) is 4.74 Å². The van der Waals surface area contributed by atoms with Gasteiger partial charge in [-0.15, -0.1) is 12.4 Å². The van der Waals surface area contributed by atoms with Crippen molar-refractivity contribution in [1.82, 2.24) is 4.90 Å². The minimum Gasteiger partial charge on any atom is -0.491 e. The number of rotatable bonds is 5. The molecule has 1 aromatic rings. The lowest BCUT2D eigenvalue weighted by Crippen LogP contribution is -2.34. The SMILES string of the molecule is CC(C)(C)c1ccc(OCC(O)CN2CCCC2)c(C(C)(C)C)c1.Cl. The average molecular weight is 370 g/mol. The van der Waals surface area contributed by atoms with Gasteiger partial charge in [-0.25, -0.2) is 0 Å². The molecule has 144 valence electrons. The van der Waals surface area contributed by atoms with Crippen LogP contribution in [-0.4, -0.2) is 42.4 Å². The van der Waals surface area contributed by atoms with Crippen LogP contribution in [0.4, 0.5) is 0 Å². The van der Waals surface area contributed by atoms with Crippen molar-refractivity contribution in [3.05, 3.63) is 29.3 Å². The Bertz CT molecular complexity index is 540. The molecule has 25 heavy (non-hydrogen) atoms. The van der Waals surface area contributed by atoms with Crippen LogP contribution >= 0.6 is 12.4 Å². The summed E-state index contributed by atoms with van der Waals surface area (Å²) in [6.45, 7) is 16.6. The van der Waals surface area contributed by atoms with Crippen molar-refractivity contribution >= 4 is 12.4 Å². The molecule has 0 bridgehead atoms. The molecule has 0 amide bonds. The Morgan fingerprint density at radius 1 is 1.04 bits per heavy atom. The molecule has 1 unspecified atom stereocenters. The standard InChI is InChI=1S/C21H35NO2.ClH/c1-20(2,3)16-9-10-19(18(13-16)21(4,5)6)24-15-17(23)14-22-11-7-8-12-22;/h9-10,13,17,23H,7-8,11-12,14-15H2,1-6H3;1H. The van der Waals surface area contributed by atoms with Gasteiger partial charge in [0, 0.05) is 6.54 Å². The fourth-order valence-corrected chi connectivity index (χ4v) is 3.21. The summed E-state index contributed by atoms with van der Waals surface area (Å²) in [5.41, 5.74) is 2.66. The summed E-state index contributed by atoms with van der Waals surface area (Å²) in [4.78, 5) is 2.32. The smallest absolute Gasteiger partial charge is 0.123 e. The van der Waals surface area contributed by atoms with Crippen molar-refractivity contribution in [2.24, 2.45) is 0 Å². The van der Waals surface area contributed by atoms with Gasteiger partial charge in [0.15, 0.2) is 0 Å². The number of halogens is 1. The number of hydrogen-bond acceptors (Lipinski definition) is 3. The van der Waals surface area contributed by atoms with E-state index in [1.54, 1.807) is 0 Å². The van der Waals surface area contributed by atoms with E-state index in [9.17, 15) is 5.11 Å². The van der Waals surface area contributed by atoms with Gasteiger partial charge in [-0.3, -0.25) is 0 Å². The Morgan fingerprint density at radius 2 is 1.64 bits per heavy atom. The third-order valence-electron chi connectivity index (χ3n) is 4.75. The average Bonchev–Trinajstić information content (AvgIpc) is 2.95. The highest BCUT2D eigenvalue weighted by atomic mass is 35.5. The van der Waals surface area contributed by atoms with E-state index in [0.717, 1.165) is 18.8 Å². The fraction of sp³-hybridized carbons (Fsp3) is 0.714. The van der Waals surface area contributed by atoms with Crippen LogP contribution in [0.3, 0.4) is 0 Å². The minimum absolute atomic E-state index is 0. The van der Waals surface area contributed by atoms with Crippen molar-refractivity contribution in [3.8, 4) is 5.75 Å². The van der Waals surface area contributed by atoms with Gasteiger partial charge in [0.1, 0.15) is 18.5 Å². The molecule has 2 rings (SSSR count). The molecule has 1 aromatic carbocycles. The van der Waals surface area contributed by atoms with Crippen molar-refractivity contribution in [2.45, 2.75) is 71.3 Å².